The Balaban J connectivity index is 1.93. The molecule has 5 heteroatoms. The van der Waals surface area contributed by atoms with Crippen molar-refractivity contribution in [1.29, 1.82) is 0 Å². The summed E-state index contributed by atoms with van der Waals surface area (Å²) in [6.07, 6.45) is 0. The first-order chi connectivity index (χ1) is 8.70. The van der Waals surface area contributed by atoms with Crippen molar-refractivity contribution in [3.63, 3.8) is 0 Å². The topological polar surface area (TPSA) is 38.3 Å². The highest BCUT2D eigenvalue weighted by Gasteiger charge is 2.12. The van der Waals surface area contributed by atoms with Gasteiger partial charge in [-0.3, -0.25) is 10.1 Å². The van der Waals surface area contributed by atoms with Gasteiger partial charge >= 0.3 is 5.97 Å². The van der Waals surface area contributed by atoms with Gasteiger partial charge in [0.1, 0.15) is 6.04 Å². The van der Waals surface area contributed by atoms with E-state index in [2.05, 4.69) is 39.0 Å². The van der Waals surface area contributed by atoms with E-state index in [0.717, 1.165) is 0 Å². The first-order valence-electron chi connectivity index (χ1n) is 5.63. The normalized spacial score (nSPS) is 12.3. The summed E-state index contributed by atoms with van der Waals surface area (Å²) in [6.45, 7) is 2.49. The Labute approximate surface area is 114 Å². The zero-order valence-corrected chi connectivity index (χ0v) is 11.9. The van der Waals surface area contributed by atoms with Gasteiger partial charge in [0.25, 0.3) is 0 Å². The third-order valence-electron chi connectivity index (χ3n) is 2.60. The molecule has 0 aliphatic carbocycles. The van der Waals surface area contributed by atoms with Crippen molar-refractivity contribution in [3.05, 3.63) is 33.8 Å². The van der Waals surface area contributed by atoms with Crippen molar-refractivity contribution in [2.75, 3.05) is 7.11 Å². The number of rotatable bonds is 5. The minimum Gasteiger partial charge on any atom is -0.468 e. The Hall–Kier alpha value is -1.17. The van der Waals surface area contributed by atoms with Crippen LogP contribution in [0.1, 0.15) is 11.8 Å². The molecule has 1 atom stereocenters. The minimum absolute atomic E-state index is 0.231. The SMILES string of the molecule is COC(=O)[C@@H](C)NCc1cc(-c2cccs2)cs1. The molecule has 2 rings (SSSR count). The Morgan fingerprint density at radius 1 is 1.50 bits per heavy atom. The maximum atomic E-state index is 11.2. The minimum atomic E-state index is -0.276. The van der Waals surface area contributed by atoms with E-state index >= 15 is 0 Å². The molecule has 0 aliphatic heterocycles. The van der Waals surface area contributed by atoms with E-state index in [1.807, 2.05) is 0 Å². The molecule has 0 bridgehead atoms. The third-order valence-corrected chi connectivity index (χ3v) is 4.45. The van der Waals surface area contributed by atoms with Crippen LogP contribution >= 0.6 is 22.7 Å². The van der Waals surface area contributed by atoms with E-state index < -0.39 is 0 Å². The molecule has 1 N–H and O–H groups in total. The second kappa shape index (κ2) is 6.13. The third kappa shape index (κ3) is 3.19. The number of esters is 1. The molecule has 2 aromatic rings. The summed E-state index contributed by atoms with van der Waals surface area (Å²) < 4.78 is 4.67. The van der Waals surface area contributed by atoms with Crippen LogP contribution in [0.5, 0.6) is 0 Å². The van der Waals surface area contributed by atoms with Crippen molar-refractivity contribution >= 4 is 28.6 Å². The zero-order valence-electron chi connectivity index (χ0n) is 10.3. The van der Waals surface area contributed by atoms with Gasteiger partial charge in [-0.05, 0) is 29.8 Å². The summed E-state index contributed by atoms with van der Waals surface area (Å²) in [7, 11) is 1.40. The highest BCUT2D eigenvalue weighted by atomic mass is 32.1. The number of hydrogen-bond acceptors (Lipinski definition) is 5. The van der Waals surface area contributed by atoms with E-state index in [0.29, 0.717) is 6.54 Å². The Bertz CT molecular complexity index is 505. The molecule has 0 fully saturated rings. The van der Waals surface area contributed by atoms with Gasteiger partial charge in [-0.15, -0.1) is 22.7 Å². The molecule has 18 heavy (non-hydrogen) atoms. The van der Waals surface area contributed by atoms with Gasteiger partial charge in [0.05, 0.1) is 7.11 Å². The van der Waals surface area contributed by atoms with Crippen LogP contribution in [0.15, 0.2) is 29.0 Å². The number of carbonyl (C=O) groups is 1. The number of thiophene rings is 2. The molecular formula is C13H15NO2S2. The second-order valence-corrected chi connectivity index (χ2v) is 5.85. The summed E-state index contributed by atoms with van der Waals surface area (Å²) in [5.41, 5.74) is 1.25. The molecule has 0 unspecified atom stereocenters. The molecule has 0 amide bonds. The number of nitrogens with one attached hydrogen (secondary N) is 1. The fourth-order valence-electron chi connectivity index (χ4n) is 1.56. The molecule has 0 saturated heterocycles. The molecule has 0 aromatic carbocycles. The van der Waals surface area contributed by atoms with Crippen LogP contribution in [0.4, 0.5) is 0 Å². The van der Waals surface area contributed by atoms with Crippen LogP contribution in [0.2, 0.25) is 0 Å². The molecule has 2 aromatic heterocycles. The van der Waals surface area contributed by atoms with Crippen LogP contribution < -0.4 is 5.32 Å². The molecule has 2 heterocycles. The summed E-state index contributed by atoms with van der Waals surface area (Å²) in [6, 6.07) is 6.05. The van der Waals surface area contributed by atoms with Gasteiger partial charge in [-0.1, -0.05) is 6.07 Å². The fourth-order valence-corrected chi connectivity index (χ4v) is 3.18. The summed E-state index contributed by atoms with van der Waals surface area (Å²) in [5, 5.41) is 7.37. The number of ether oxygens (including phenoxy) is 1. The fraction of sp³-hybridized carbons (Fsp3) is 0.308. The predicted molar refractivity (Wildman–Crippen MR) is 75.9 cm³/mol. The van der Waals surface area contributed by atoms with Gasteiger partial charge < -0.3 is 4.74 Å². The number of methoxy groups -OCH3 is 1. The van der Waals surface area contributed by atoms with Crippen molar-refractivity contribution in [2.45, 2.75) is 19.5 Å². The molecular weight excluding hydrogens is 266 g/mol. The largest absolute Gasteiger partial charge is 0.468 e. The van der Waals surface area contributed by atoms with Gasteiger partial charge in [-0.2, -0.15) is 0 Å². The van der Waals surface area contributed by atoms with Gasteiger partial charge in [0.15, 0.2) is 0 Å². The van der Waals surface area contributed by atoms with Gasteiger partial charge in [0.2, 0.25) is 0 Å². The first-order valence-corrected chi connectivity index (χ1v) is 7.39. The van der Waals surface area contributed by atoms with E-state index in [4.69, 9.17) is 0 Å². The van der Waals surface area contributed by atoms with E-state index in [1.54, 1.807) is 29.6 Å². The van der Waals surface area contributed by atoms with Gasteiger partial charge in [0, 0.05) is 21.9 Å². The molecule has 0 radical (unpaired) electrons. The standard InChI is InChI=1S/C13H15NO2S2/c1-9(13(15)16-2)14-7-11-6-10(8-18-11)12-4-3-5-17-12/h3-6,8-9,14H,7H2,1-2H3/t9-/m1/s1. The Morgan fingerprint density at radius 3 is 3.00 bits per heavy atom. The number of hydrogen-bond donors (Lipinski definition) is 1. The zero-order chi connectivity index (χ0) is 13.0. The highest BCUT2D eigenvalue weighted by Crippen LogP contribution is 2.29. The number of carbonyl (C=O) groups excluding carboxylic acids is 1. The summed E-state index contributed by atoms with van der Waals surface area (Å²) in [5.74, 6) is -0.231. The molecule has 0 aliphatic rings. The van der Waals surface area contributed by atoms with Gasteiger partial charge in [-0.25, -0.2) is 0 Å². The van der Waals surface area contributed by atoms with Crippen molar-refractivity contribution < 1.29 is 9.53 Å². The first kappa shape index (κ1) is 13.3. The van der Waals surface area contributed by atoms with Crippen LogP contribution in [-0.4, -0.2) is 19.1 Å². The molecule has 3 nitrogen and oxygen atoms in total. The molecule has 96 valence electrons. The smallest absolute Gasteiger partial charge is 0.322 e. The van der Waals surface area contributed by atoms with Crippen LogP contribution in [0.25, 0.3) is 10.4 Å². The lowest BCUT2D eigenvalue weighted by Gasteiger charge is -2.09. The maximum absolute atomic E-state index is 11.2. The van der Waals surface area contributed by atoms with Crippen molar-refractivity contribution in [3.8, 4) is 10.4 Å². The lowest BCUT2D eigenvalue weighted by atomic mass is 10.2. The summed E-state index contributed by atoms with van der Waals surface area (Å²) in [4.78, 5) is 13.7. The molecule has 0 spiro atoms. The average molecular weight is 281 g/mol. The monoisotopic (exact) mass is 281 g/mol. The van der Waals surface area contributed by atoms with Crippen LogP contribution in [-0.2, 0) is 16.1 Å². The average Bonchev–Trinajstić information content (AvgIpc) is 3.04. The van der Waals surface area contributed by atoms with E-state index in [1.165, 1.54) is 22.4 Å². The van der Waals surface area contributed by atoms with Crippen LogP contribution in [0.3, 0.4) is 0 Å². The second-order valence-electron chi connectivity index (χ2n) is 3.90. The van der Waals surface area contributed by atoms with Crippen molar-refractivity contribution in [1.82, 2.24) is 5.32 Å². The highest BCUT2D eigenvalue weighted by molar-refractivity contribution is 7.14. The Morgan fingerprint density at radius 2 is 2.33 bits per heavy atom. The van der Waals surface area contributed by atoms with Crippen LogP contribution in [0, 0.1) is 0 Å². The maximum Gasteiger partial charge on any atom is 0.322 e. The lowest BCUT2D eigenvalue weighted by molar-refractivity contribution is -0.142. The van der Waals surface area contributed by atoms with Crippen molar-refractivity contribution in [2.24, 2.45) is 0 Å². The Kier molecular flexibility index (Phi) is 4.52. The predicted octanol–water partition coefficient (Wildman–Crippen LogP) is 3.13. The quantitative estimate of drug-likeness (QED) is 0.856. The van der Waals surface area contributed by atoms with E-state index in [-0.39, 0.29) is 12.0 Å². The summed E-state index contributed by atoms with van der Waals surface area (Å²) >= 11 is 3.44. The van der Waals surface area contributed by atoms with E-state index in [9.17, 15) is 4.79 Å². The molecule has 0 saturated carbocycles. The lowest BCUT2D eigenvalue weighted by Crippen LogP contribution is -2.34.